The van der Waals surface area contributed by atoms with Crippen molar-refractivity contribution in [3.63, 3.8) is 0 Å². The van der Waals surface area contributed by atoms with Crippen LogP contribution in [0.2, 0.25) is 0 Å². The maximum absolute atomic E-state index is 13.1. The van der Waals surface area contributed by atoms with Crippen molar-refractivity contribution < 1.29 is 80.2 Å². The second-order valence-corrected chi connectivity index (χ2v) is 28.7. The molecule has 108 heavy (non-hydrogen) atoms. The average molecular weight is 1540 g/mol. The van der Waals surface area contributed by atoms with Crippen molar-refractivity contribution in [2.45, 2.75) is 290 Å². The summed E-state index contributed by atoms with van der Waals surface area (Å²) in [6.45, 7) is 4.24. The summed E-state index contributed by atoms with van der Waals surface area (Å²) in [4.78, 5) is 73.1. The van der Waals surface area contributed by atoms with Gasteiger partial charge in [-0.2, -0.15) is 0 Å². The van der Waals surface area contributed by atoms with E-state index in [4.69, 9.17) is 37.0 Å². The topological polar surface area (TPSA) is 237 Å². The van der Waals surface area contributed by atoms with Crippen molar-refractivity contribution in [3.8, 4) is 0 Å². The summed E-state index contributed by atoms with van der Waals surface area (Å²) in [5.41, 5.74) is 0. The number of carbonyl (C=O) groups excluding carboxylic acids is 4. The van der Waals surface area contributed by atoms with E-state index in [0.29, 0.717) is 32.1 Å². The molecular weight excluding hydrogens is 1400 g/mol. The summed E-state index contributed by atoms with van der Waals surface area (Å²) in [5, 5.41) is 10.7. The zero-order chi connectivity index (χ0) is 78.9. The molecular formula is C89H140O17P2. The van der Waals surface area contributed by atoms with E-state index in [-0.39, 0.29) is 25.7 Å². The monoisotopic (exact) mass is 1540 g/mol. The molecule has 0 aliphatic carbocycles. The van der Waals surface area contributed by atoms with Crippen LogP contribution in [0.4, 0.5) is 0 Å². The second-order valence-electron chi connectivity index (χ2n) is 25.8. The van der Waals surface area contributed by atoms with Crippen LogP contribution in [-0.4, -0.2) is 96.7 Å². The number of hydrogen-bond acceptors (Lipinski definition) is 15. The molecule has 608 valence electrons. The van der Waals surface area contributed by atoms with Crippen LogP contribution in [0.5, 0.6) is 0 Å². The van der Waals surface area contributed by atoms with Crippen molar-refractivity contribution in [1.82, 2.24) is 0 Å². The molecule has 3 N–H and O–H groups in total. The van der Waals surface area contributed by atoms with E-state index < -0.39 is 97.5 Å². The smallest absolute Gasteiger partial charge is 0.462 e. The Kier molecular flexibility index (Phi) is 74.1. The maximum atomic E-state index is 13.1. The molecule has 0 aromatic carbocycles. The van der Waals surface area contributed by atoms with Gasteiger partial charge in [0.25, 0.3) is 0 Å². The first kappa shape index (κ1) is 102. The molecule has 0 radical (unpaired) electrons. The van der Waals surface area contributed by atoms with E-state index in [9.17, 15) is 43.2 Å². The Bertz CT molecular complexity index is 2860. The van der Waals surface area contributed by atoms with Crippen molar-refractivity contribution >= 4 is 39.5 Å². The van der Waals surface area contributed by atoms with Gasteiger partial charge in [0.15, 0.2) is 12.2 Å². The molecule has 0 fully saturated rings. The zero-order valence-corrected chi connectivity index (χ0v) is 68.2. The Hall–Kier alpha value is -6.36. The number of phosphoric ester groups is 2. The molecule has 0 aromatic heterocycles. The predicted octanol–water partition coefficient (Wildman–Crippen LogP) is 23.9. The van der Waals surface area contributed by atoms with Gasteiger partial charge in [-0.1, -0.05) is 273 Å². The van der Waals surface area contributed by atoms with E-state index >= 15 is 0 Å². The van der Waals surface area contributed by atoms with Crippen LogP contribution in [-0.2, 0) is 65.4 Å². The normalized spacial score (nSPS) is 14.9. The number of ether oxygens (including phenoxy) is 4. The Morgan fingerprint density at radius 2 is 0.463 bits per heavy atom. The molecule has 0 aromatic rings. The minimum absolute atomic E-state index is 0.000847. The van der Waals surface area contributed by atoms with Gasteiger partial charge < -0.3 is 33.8 Å². The van der Waals surface area contributed by atoms with Gasteiger partial charge in [0.1, 0.15) is 19.3 Å². The average Bonchev–Trinajstić information content (AvgIpc) is 0.906. The molecule has 5 unspecified atom stereocenters. The Balaban J connectivity index is 5.52. The number of phosphoric acid groups is 2. The van der Waals surface area contributed by atoms with Crippen molar-refractivity contribution in [3.05, 3.63) is 207 Å². The first-order chi connectivity index (χ1) is 52.7. The van der Waals surface area contributed by atoms with Gasteiger partial charge in [-0.3, -0.25) is 37.3 Å². The quantitative estimate of drug-likeness (QED) is 0.0169. The third kappa shape index (κ3) is 77.8. The van der Waals surface area contributed by atoms with E-state index in [1.807, 2.05) is 12.2 Å². The molecule has 0 saturated heterocycles. The Labute approximate surface area is 652 Å². The lowest BCUT2D eigenvalue weighted by Gasteiger charge is -2.21. The number of carbonyl (C=O) groups is 4. The lowest BCUT2D eigenvalue weighted by molar-refractivity contribution is -0.161. The number of aliphatic hydroxyl groups excluding tert-OH is 1. The minimum atomic E-state index is -5.02. The Morgan fingerprint density at radius 1 is 0.259 bits per heavy atom. The number of unbranched alkanes of at least 4 members (excludes halogenated alkanes) is 13. The summed E-state index contributed by atoms with van der Waals surface area (Å²) in [5.74, 6) is -2.35. The summed E-state index contributed by atoms with van der Waals surface area (Å²) >= 11 is 0. The van der Waals surface area contributed by atoms with Crippen LogP contribution in [0.3, 0.4) is 0 Å². The van der Waals surface area contributed by atoms with E-state index in [0.717, 1.165) is 186 Å². The summed E-state index contributed by atoms with van der Waals surface area (Å²) in [7, 11) is -10.0. The minimum Gasteiger partial charge on any atom is -0.462 e. The van der Waals surface area contributed by atoms with Gasteiger partial charge in [-0.05, 0) is 180 Å². The molecule has 0 rings (SSSR count). The largest absolute Gasteiger partial charge is 0.472 e. The molecule has 17 nitrogen and oxygen atoms in total. The fourth-order valence-electron chi connectivity index (χ4n) is 9.76. The molecule has 0 heterocycles. The fraction of sp³-hybridized carbons (Fsp3) is 0.573. The van der Waals surface area contributed by atoms with Gasteiger partial charge in [0.2, 0.25) is 0 Å². The van der Waals surface area contributed by atoms with Gasteiger partial charge >= 0.3 is 39.5 Å². The van der Waals surface area contributed by atoms with E-state index in [1.54, 1.807) is 0 Å². The highest BCUT2D eigenvalue weighted by Crippen LogP contribution is 2.45. The highest BCUT2D eigenvalue weighted by Gasteiger charge is 2.30. The van der Waals surface area contributed by atoms with E-state index in [1.165, 1.54) is 0 Å². The molecule has 0 aliphatic heterocycles. The molecule has 0 aliphatic rings. The lowest BCUT2D eigenvalue weighted by Crippen LogP contribution is -2.30. The number of aliphatic hydroxyl groups is 1. The van der Waals surface area contributed by atoms with Crippen LogP contribution < -0.4 is 0 Å². The third-order valence-corrected chi connectivity index (χ3v) is 17.6. The first-order valence-corrected chi connectivity index (χ1v) is 43.3. The summed E-state index contributed by atoms with van der Waals surface area (Å²) in [6, 6.07) is 0. The van der Waals surface area contributed by atoms with Crippen molar-refractivity contribution in [2.75, 3.05) is 39.6 Å². The van der Waals surface area contributed by atoms with Gasteiger partial charge in [-0.15, -0.1) is 0 Å². The lowest BCUT2D eigenvalue weighted by atomic mass is 10.1. The fourth-order valence-corrected chi connectivity index (χ4v) is 11.3. The molecule has 19 heteroatoms. The maximum Gasteiger partial charge on any atom is 0.472 e. The molecule has 0 bridgehead atoms. The van der Waals surface area contributed by atoms with Crippen LogP contribution in [0, 0.1) is 0 Å². The molecule has 5 atom stereocenters. The highest BCUT2D eigenvalue weighted by atomic mass is 31.2. The SMILES string of the molecule is CC/C=C\C/C=C\C/C=C\C/C=C\C/C=C\CCCCCC(=O)OCC(COP(=O)(O)OCC(O)COP(=O)(O)OCC(COC(=O)CCCCCC/C=C\C/C=C\C/C=C\C/C=C\CC)OC(=O)CCCCCCC/C=C\C/C=C\C/C=C\CC)OC(=O)CCC/C=C\C/C=C\C/C=C\C/C=C\C/C=C\CC. The zero-order valence-electron chi connectivity index (χ0n) is 66.4. The number of rotatable bonds is 73. The van der Waals surface area contributed by atoms with Crippen molar-refractivity contribution in [2.24, 2.45) is 0 Å². The van der Waals surface area contributed by atoms with Crippen molar-refractivity contribution in [1.29, 1.82) is 0 Å². The summed E-state index contributed by atoms with van der Waals surface area (Å²) < 4.78 is 68.6. The number of esters is 4. The summed E-state index contributed by atoms with van der Waals surface area (Å²) in [6.07, 6.45) is 98.1. The second kappa shape index (κ2) is 78.8. The molecule has 0 saturated carbocycles. The first-order valence-electron chi connectivity index (χ1n) is 40.3. The van der Waals surface area contributed by atoms with Gasteiger partial charge in [0.05, 0.1) is 26.4 Å². The predicted molar refractivity (Wildman–Crippen MR) is 445 cm³/mol. The number of hydrogen-bond donors (Lipinski definition) is 3. The van der Waals surface area contributed by atoms with Crippen LogP contribution >= 0.6 is 15.6 Å². The highest BCUT2D eigenvalue weighted by molar-refractivity contribution is 7.47. The molecule has 0 spiro atoms. The number of allylic oxidation sites excluding steroid dienone is 34. The molecule has 0 amide bonds. The van der Waals surface area contributed by atoms with Crippen LogP contribution in [0.25, 0.3) is 0 Å². The standard InChI is InChI=1S/C89H140O17P2/c1-5-9-13-17-21-25-29-33-37-40-41-44-47-50-54-58-62-66-70-74-87(92)100-80-85(106-89(94)76-72-68-64-60-56-52-48-43-39-35-31-27-23-19-15-11-7-3)82-104-108(97,98)102-78-83(90)77-101-107(95,96)103-81-84(105-88(93)75-71-67-63-59-55-51-45-36-32-28-24-20-16-12-8-4)79-99-86(91)73-69-65-61-57-53-49-46-42-38-34-30-26-22-18-14-10-6-2/h9-16,21-28,33-39,41,44-46,48-50,52,54,60,64,83-85,90H,5-8,17-20,29-32,40,42-43,47,51,53,55-59,61-63,65-82H2,1-4H3,(H,95,96)(H,97,98)/b13-9-,14-10-,15-11-,16-12-,25-21-,26-22-,27-23-,28-24-,37-33-,38-34-,39-35-,44-41-,45-36-,49-46-,52-48-,54-50-,64-60-. The van der Waals surface area contributed by atoms with Gasteiger partial charge in [0, 0.05) is 25.7 Å². The van der Waals surface area contributed by atoms with Crippen LogP contribution in [0.15, 0.2) is 207 Å². The van der Waals surface area contributed by atoms with E-state index in [2.05, 4.69) is 222 Å². The Morgan fingerprint density at radius 3 is 0.741 bits per heavy atom. The third-order valence-electron chi connectivity index (χ3n) is 15.7. The van der Waals surface area contributed by atoms with Crippen LogP contribution in [0.1, 0.15) is 272 Å². The van der Waals surface area contributed by atoms with Gasteiger partial charge in [-0.25, -0.2) is 9.13 Å².